The first-order chi connectivity index (χ1) is 63.4. The first-order valence-electron chi connectivity index (χ1n) is 43.1. The molecule has 9 unspecified atom stereocenters. The first-order valence-corrected chi connectivity index (χ1v) is 43.1. The van der Waals surface area contributed by atoms with Gasteiger partial charge in [-0.05, 0) is 124 Å². The van der Waals surface area contributed by atoms with Crippen LogP contribution in [0.2, 0.25) is 0 Å². The number of unbranched alkanes of at least 4 members (excludes halogenated alkanes) is 2. The molecule has 0 saturated carbocycles. The predicted molar refractivity (Wildman–Crippen MR) is 473 cm³/mol. The number of carboxylic acid groups (broad SMARTS) is 2. The molecule has 50 nitrogen and oxygen atoms in total. The van der Waals surface area contributed by atoms with E-state index in [4.69, 9.17) is 34.1 Å². The second-order valence-electron chi connectivity index (χ2n) is 32.4. The van der Waals surface area contributed by atoms with E-state index in [9.17, 15) is 117 Å². The summed E-state index contributed by atoms with van der Waals surface area (Å²) in [5.74, 6) is -28.1. The van der Waals surface area contributed by atoms with Gasteiger partial charge in [0.25, 0.3) is 0 Å². The maximum absolute atomic E-state index is 15.3. The maximum Gasteiger partial charge on any atom is 0.305 e. The summed E-state index contributed by atoms with van der Waals surface area (Å²) in [5.41, 5.74) is 29.0. The van der Waals surface area contributed by atoms with Crippen molar-refractivity contribution in [3.05, 3.63) is 95.6 Å². The highest BCUT2D eigenvalue weighted by molar-refractivity contribution is 6.03. The third kappa shape index (κ3) is 40.6. The summed E-state index contributed by atoms with van der Waals surface area (Å²) in [6.45, 7) is 1.52. The molecule has 0 spiro atoms. The Morgan fingerprint density at radius 3 is 1.26 bits per heavy atom. The molecule has 4 rings (SSSR count). The highest BCUT2D eigenvalue weighted by Crippen LogP contribution is 2.18. The summed E-state index contributed by atoms with van der Waals surface area (Å²) < 4.78 is 0. The number of hydrogen-bond donors (Lipinski definition) is 30. The lowest BCUT2D eigenvalue weighted by Gasteiger charge is -2.29. The van der Waals surface area contributed by atoms with Crippen molar-refractivity contribution in [3.8, 4) is 11.5 Å². The number of primary amides is 2. The molecule has 0 aromatic heterocycles. The van der Waals surface area contributed by atoms with E-state index in [1.54, 1.807) is 19.9 Å². The first kappa shape index (κ1) is 112. The quantitative estimate of drug-likeness (QED) is 0.0142. The van der Waals surface area contributed by atoms with E-state index in [-0.39, 0.29) is 101 Å². The number of phenolic OH excluding ortho intramolecular Hbond substituents is 2. The summed E-state index contributed by atoms with van der Waals surface area (Å²) in [7, 11) is 0. The smallest absolute Gasteiger partial charge is 0.305 e. The van der Waals surface area contributed by atoms with Crippen LogP contribution in [-0.2, 0) is 115 Å². The van der Waals surface area contributed by atoms with Gasteiger partial charge in [0.1, 0.15) is 102 Å². The molecule has 50 heteroatoms. The molecular formula is C84H125N23O27. The Morgan fingerprint density at radius 2 is 0.813 bits per heavy atom. The molecule has 0 bridgehead atoms. The van der Waals surface area contributed by atoms with Gasteiger partial charge in [-0.15, -0.1) is 0 Å². The van der Waals surface area contributed by atoms with Gasteiger partial charge in [0.05, 0.1) is 39.1 Å². The molecular weight excluding hydrogens is 1760 g/mol. The van der Waals surface area contributed by atoms with Gasteiger partial charge < -0.3 is 155 Å². The monoisotopic (exact) mass is 1890 g/mol. The third-order valence-electron chi connectivity index (χ3n) is 20.6. The largest absolute Gasteiger partial charge is 0.508 e. The summed E-state index contributed by atoms with van der Waals surface area (Å²) >= 11 is 0. The predicted octanol–water partition coefficient (Wildman–Crippen LogP) is -10.2. The second kappa shape index (κ2) is 57.8. The molecule has 1 saturated heterocycles. The second-order valence-corrected chi connectivity index (χ2v) is 32.4. The average Bonchev–Trinajstić information content (AvgIpc) is 0.853. The Morgan fingerprint density at radius 1 is 0.425 bits per heavy atom. The average molecular weight is 1890 g/mol. The number of carbonyl (C=O) groups is 20. The minimum absolute atomic E-state index is 0.00183. The van der Waals surface area contributed by atoms with Gasteiger partial charge in [-0.25, -0.2) is 0 Å². The van der Waals surface area contributed by atoms with Gasteiger partial charge in [-0.2, -0.15) is 0 Å². The van der Waals surface area contributed by atoms with Crippen LogP contribution in [0.1, 0.15) is 134 Å². The van der Waals surface area contributed by atoms with E-state index in [0.717, 1.165) is 0 Å². The number of nitrogens with one attached hydrogen (secondary N) is 18. The molecule has 1 aliphatic heterocycles. The number of rotatable bonds is 41. The van der Waals surface area contributed by atoms with Crippen molar-refractivity contribution in [2.45, 2.75) is 227 Å². The fourth-order valence-corrected chi connectivity index (χ4v) is 13.3. The Kier molecular flexibility index (Phi) is 48.3. The van der Waals surface area contributed by atoms with Crippen LogP contribution < -0.4 is 119 Å². The minimum atomic E-state index is -2.29. The molecule has 134 heavy (non-hydrogen) atoms. The van der Waals surface area contributed by atoms with Crippen LogP contribution in [0.3, 0.4) is 0 Å². The molecule has 35 N–H and O–H groups in total. The number of carboxylic acids is 2. The number of aliphatic hydroxyl groups excluding tert-OH is 3. The molecule has 0 radical (unpaired) electrons. The van der Waals surface area contributed by atoms with Crippen molar-refractivity contribution in [1.82, 2.24) is 90.4 Å². The fraction of sp³-hybridized carbons (Fsp3) is 0.536. The lowest BCUT2D eigenvalue weighted by molar-refractivity contribution is -0.143. The number of carbonyl (C=O) groups excluding carboxylic acids is 18. The zero-order valence-electron chi connectivity index (χ0n) is 74.5. The van der Waals surface area contributed by atoms with Gasteiger partial charge in [0, 0.05) is 45.2 Å². The van der Waals surface area contributed by atoms with E-state index in [1.807, 2.05) is 16.0 Å². The zero-order valence-corrected chi connectivity index (χ0v) is 74.5. The molecule has 1 aliphatic rings. The Labute approximate surface area is 769 Å². The van der Waals surface area contributed by atoms with Gasteiger partial charge in [0.15, 0.2) is 5.96 Å². The Balaban J connectivity index is 1.93. The maximum atomic E-state index is 15.3. The number of aromatic hydroxyl groups is 2. The Bertz CT molecular complexity index is 4550. The van der Waals surface area contributed by atoms with Gasteiger partial charge in [-0.3, -0.25) is 101 Å². The number of benzene rings is 3. The molecule has 1 heterocycles. The topological polar surface area (TPSA) is 841 Å². The van der Waals surface area contributed by atoms with Crippen LogP contribution in [0, 0.1) is 17.2 Å². The van der Waals surface area contributed by atoms with Crippen molar-refractivity contribution in [1.29, 1.82) is 5.41 Å². The number of aliphatic carboxylic acids is 2. The van der Waals surface area contributed by atoms with Gasteiger partial charge in [0.2, 0.25) is 106 Å². The SMILES string of the molecule is CC(C)CC1NC(=O)[C@H](C(C)C)NC(=O)C(CC(N)=O)NC(=O)[C@H](CO)NC(=O)C(CO)NC(=O)[C@H](CC(=O)O)NC(=O)C(CC(=O)O)NC(=O)[C@H](Cc2ccccc2)NC(=O)C(Cc2ccc(O)cc2)NC(=O)CCC(=O)NCC(C(=O)NC(CCCCN)C(=O)N[C@@H](CCCCN)C(=O)NC(Cc2ccc(O)cc2)C(=O)N[C@@H](CCCNC(=N)N)C(=O)NC(CO)C(N)=O)NC1=O. The van der Waals surface area contributed by atoms with Crippen molar-refractivity contribution >= 4 is 124 Å². The number of aliphatic hydroxyl groups is 3. The molecule has 3 aromatic rings. The minimum Gasteiger partial charge on any atom is -0.508 e. The van der Waals surface area contributed by atoms with Crippen LogP contribution in [-0.4, -0.2) is 297 Å². The van der Waals surface area contributed by atoms with Crippen LogP contribution in [0.4, 0.5) is 0 Å². The fourth-order valence-electron chi connectivity index (χ4n) is 13.3. The van der Waals surface area contributed by atoms with Crippen molar-refractivity contribution in [2.75, 3.05) is 46.0 Å². The van der Waals surface area contributed by atoms with E-state index in [1.165, 1.54) is 86.6 Å². The van der Waals surface area contributed by atoms with Crippen LogP contribution in [0.25, 0.3) is 0 Å². The Hall–Kier alpha value is -14.3. The van der Waals surface area contributed by atoms with Crippen LogP contribution in [0.5, 0.6) is 11.5 Å². The molecule has 1 fully saturated rings. The van der Waals surface area contributed by atoms with Crippen molar-refractivity contribution < 1.29 is 132 Å². The number of amides is 18. The number of hydrogen-bond acceptors (Lipinski definition) is 28. The molecule has 15 atom stereocenters. The molecule has 738 valence electrons. The van der Waals surface area contributed by atoms with E-state index in [2.05, 4.69) is 74.4 Å². The van der Waals surface area contributed by atoms with Crippen molar-refractivity contribution in [3.63, 3.8) is 0 Å². The summed E-state index contributed by atoms with van der Waals surface area (Å²) in [6, 6.07) is -9.95. The normalized spacial score (nSPS) is 20.9. The standard InChI is InChI=1S/C84H125N23O27/c1-42(2)31-52-73(124)103-59(80(131)96-49(15-8-10-28-85)70(121)94-50(16-9-11-29-86)71(122)97-55(34-46-20-24-48(112)25-21-46)75(126)95-51(17-12-30-91-84(89)90)72(123)104-60(39-108)69(88)120)38-92-64(114)26-27-65(115)93-53(33-45-18-22-47(111)23-19-45)74(125)98-54(32-44-13-6-5-7-14-44)76(127)100-57(36-66(116)117)77(128)101-58(37-67(118)119)78(129)105-62(41-110)82(133)106-61(40-109)81(132)99-56(35-63(87)113)79(130)107-68(43(3)4)83(134)102-52/h5-7,13-14,18-25,42-43,49-62,68,108-112H,8-12,15-17,26-41,85-86H2,1-4H3,(H2,87,113)(H2,88,120)(H,92,114)(H,93,115)(H,94,121)(H,95,126)(H,96,131)(H,97,122)(H,98,125)(H,99,132)(H,100,127)(H,101,128)(H,102,134)(H,103,124)(H,104,123)(H,105,129)(H,106,133)(H,107,130)(H,116,117)(H,118,119)(H4,89,90,91)/t49?,50-,51-,52?,53?,54-,55?,56?,57?,58-,59?,60?,61-,62?,68-/m0/s1. The number of phenols is 2. The molecule has 18 amide bonds. The molecule has 3 aromatic carbocycles. The van der Waals surface area contributed by atoms with E-state index < -0.39 is 298 Å². The summed E-state index contributed by atoms with van der Waals surface area (Å²) in [5, 5.41) is 119. The highest BCUT2D eigenvalue weighted by atomic mass is 16.4. The molecule has 0 aliphatic carbocycles. The van der Waals surface area contributed by atoms with E-state index >= 15 is 14.4 Å². The highest BCUT2D eigenvalue weighted by Gasteiger charge is 2.41. The van der Waals surface area contributed by atoms with Gasteiger partial charge in [-0.1, -0.05) is 82.3 Å². The number of nitrogens with two attached hydrogens (primary N) is 5. The number of guanidine groups is 1. The van der Waals surface area contributed by atoms with Crippen LogP contribution in [0.15, 0.2) is 78.9 Å². The summed E-state index contributed by atoms with van der Waals surface area (Å²) in [4.78, 5) is 281. The summed E-state index contributed by atoms with van der Waals surface area (Å²) in [6.07, 6.45) is -6.86. The van der Waals surface area contributed by atoms with Crippen LogP contribution >= 0.6 is 0 Å². The van der Waals surface area contributed by atoms with Gasteiger partial charge >= 0.3 is 11.9 Å². The lowest BCUT2D eigenvalue weighted by Crippen LogP contribution is -2.63. The van der Waals surface area contributed by atoms with E-state index in [0.29, 0.717) is 11.1 Å². The third-order valence-corrected chi connectivity index (χ3v) is 20.6. The van der Waals surface area contributed by atoms with Crippen molar-refractivity contribution in [2.24, 2.45) is 40.5 Å². The lowest BCUT2D eigenvalue weighted by atomic mass is 9.99. The zero-order chi connectivity index (χ0) is 100.